The third kappa shape index (κ3) is 3.56. The second kappa shape index (κ2) is 3.75. The number of halogens is 4. The third-order valence-corrected chi connectivity index (χ3v) is 1.27. The first-order chi connectivity index (χ1) is 5.25. The highest BCUT2D eigenvalue weighted by atomic mass is 35.5. The molecule has 0 aromatic heterocycles. The molecule has 1 atom stereocenters. The van der Waals surface area contributed by atoms with Gasteiger partial charge in [-0.15, -0.1) is 0 Å². The highest BCUT2D eigenvalue weighted by Crippen LogP contribution is 2.14. The van der Waals surface area contributed by atoms with Gasteiger partial charge in [0.25, 0.3) is 0 Å². The summed E-state index contributed by atoms with van der Waals surface area (Å²) in [6.07, 6.45) is -4.99. The van der Waals surface area contributed by atoms with Gasteiger partial charge in [-0.1, -0.05) is 0 Å². The fraction of sp³-hybridized carbons (Fsp3) is 0.600. The van der Waals surface area contributed by atoms with E-state index in [1.807, 2.05) is 0 Å². The van der Waals surface area contributed by atoms with Crippen LogP contribution in [0.5, 0.6) is 0 Å². The van der Waals surface area contributed by atoms with Gasteiger partial charge in [0.05, 0.1) is 0 Å². The van der Waals surface area contributed by atoms with Crippen molar-refractivity contribution < 1.29 is 22.8 Å². The number of carbonyl (C=O) groups is 2. The van der Waals surface area contributed by atoms with Crippen LogP contribution in [0.25, 0.3) is 0 Å². The van der Waals surface area contributed by atoms with Crippen LogP contribution in [0.15, 0.2) is 0 Å². The van der Waals surface area contributed by atoms with Gasteiger partial charge in [-0.2, -0.15) is 13.2 Å². The van der Waals surface area contributed by atoms with Crippen molar-refractivity contribution in [3.8, 4) is 0 Å². The molecule has 0 spiro atoms. The van der Waals surface area contributed by atoms with E-state index in [1.165, 1.54) is 5.32 Å². The summed E-state index contributed by atoms with van der Waals surface area (Å²) in [5.41, 5.74) is 0. The molecular formula is C5H5ClF3NO2. The van der Waals surface area contributed by atoms with Gasteiger partial charge in [0, 0.05) is 0 Å². The maximum absolute atomic E-state index is 11.5. The van der Waals surface area contributed by atoms with Crippen LogP contribution in [0.2, 0.25) is 0 Å². The largest absolute Gasteiger partial charge is 0.471 e. The molecule has 0 fully saturated rings. The first-order valence-electron chi connectivity index (χ1n) is 2.82. The first-order valence-corrected chi connectivity index (χ1v) is 3.20. The standard InChI is InChI=1S/C5H5ClF3NO2/c1-2(3(6)11)10-4(12)5(7,8)9/h2H,1H3,(H,10,12)/t2-/m0/s1. The highest BCUT2D eigenvalue weighted by molar-refractivity contribution is 6.64. The molecule has 0 aromatic rings. The average Bonchev–Trinajstić information content (AvgIpc) is 1.85. The van der Waals surface area contributed by atoms with E-state index in [9.17, 15) is 22.8 Å². The number of nitrogens with one attached hydrogen (secondary N) is 1. The van der Waals surface area contributed by atoms with Crippen molar-refractivity contribution >= 4 is 22.8 Å². The van der Waals surface area contributed by atoms with E-state index in [0.717, 1.165) is 6.92 Å². The van der Waals surface area contributed by atoms with Crippen molar-refractivity contribution in [3.63, 3.8) is 0 Å². The van der Waals surface area contributed by atoms with Crippen LogP contribution in [-0.4, -0.2) is 23.4 Å². The van der Waals surface area contributed by atoms with Crippen molar-refractivity contribution in [1.29, 1.82) is 0 Å². The Morgan fingerprint density at radius 3 is 2.08 bits per heavy atom. The Bertz CT molecular complexity index is 203. The SMILES string of the molecule is C[C@H](NC(=O)C(F)(F)F)C(=O)Cl. The summed E-state index contributed by atoms with van der Waals surface area (Å²) in [6.45, 7) is 1.05. The summed E-state index contributed by atoms with van der Waals surface area (Å²) in [4.78, 5) is 20.3. The van der Waals surface area contributed by atoms with Crippen LogP contribution < -0.4 is 5.32 Å². The lowest BCUT2D eigenvalue weighted by atomic mass is 10.3. The molecule has 0 rings (SSSR count). The van der Waals surface area contributed by atoms with Gasteiger partial charge in [0.15, 0.2) is 0 Å². The van der Waals surface area contributed by atoms with Crippen LogP contribution in [0, 0.1) is 0 Å². The predicted molar refractivity (Wildman–Crippen MR) is 34.5 cm³/mol. The number of rotatable bonds is 2. The summed E-state index contributed by atoms with van der Waals surface area (Å²) in [5, 5.41) is 0.325. The third-order valence-electron chi connectivity index (χ3n) is 0.946. The minimum Gasteiger partial charge on any atom is -0.337 e. The zero-order chi connectivity index (χ0) is 9.94. The smallest absolute Gasteiger partial charge is 0.337 e. The molecule has 0 bridgehead atoms. The minimum absolute atomic E-state index is 1.05. The minimum atomic E-state index is -4.99. The van der Waals surface area contributed by atoms with E-state index in [-0.39, 0.29) is 0 Å². The molecule has 0 heterocycles. The molecule has 0 aliphatic heterocycles. The lowest BCUT2D eigenvalue weighted by molar-refractivity contribution is -0.174. The fourth-order valence-corrected chi connectivity index (χ4v) is 0.390. The highest BCUT2D eigenvalue weighted by Gasteiger charge is 2.39. The monoisotopic (exact) mass is 203 g/mol. The Kier molecular flexibility index (Phi) is 3.51. The molecule has 0 unspecified atom stereocenters. The Morgan fingerprint density at radius 2 is 1.83 bits per heavy atom. The van der Waals surface area contributed by atoms with Gasteiger partial charge in [-0.25, -0.2) is 0 Å². The lowest BCUT2D eigenvalue weighted by Gasteiger charge is -2.10. The predicted octanol–water partition coefficient (Wildman–Crippen LogP) is 0.819. The molecule has 12 heavy (non-hydrogen) atoms. The van der Waals surface area contributed by atoms with Crippen LogP contribution >= 0.6 is 11.6 Å². The van der Waals surface area contributed by atoms with Crippen molar-refractivity contribution in [3.05, 3.63) is 0 Å². The van der Waals surface area contributed by atoms with Crippen LogP contribution in [-0.2, 0) is 9.59 Å². The summed E-state index contributed by atoms with van der Waals surface area (Å²) in [6, 6.07) is -1.33. The zero-order valence-corrected chi connectivity index (χ0v) is 6.66. The molecule has 3 nitrogen and oxygen atoms in total. The van der Waals surface area contributed by atoms with Crippen LogP contribution in [0.4, 0.5) is 13.2 Å². The van der Waals surface area contributed by atoms with E-state index in [4.69, 9.17) is 11.6 Å². The Balaban J connectivity index is 4.11. The molecular weight excluding hydrogens is 199 g/mol. The van der Waals surface area contributed by atoms with Crippen molar-refractivity contribution in [2.24, 2.45) is 0 Å². The maximum atomic E-state index is 11.5. The summed E-state index contributed by atoms with van der Waals surface area (Å²) in [5.74, 6) is -2.18. The average molecular weight is 204 g/mol. The van der Waals surface area contributed by atoms with Crippen LogP contribution in [0.3, 0.4) is 0 Å². The van der Waals surface area contributed by atoms with Gasteiger partial charge in [0.1, 0.15) is 6.04 Å². The number of amides is 1. The molecule has 1 amide bonds. The van der Waals surface area contributed by atoms with Gasteiger partial charge >= 0.3 is 12.1 Å². The molecule has 0 aromatic carbocycles. The van der Waals surface area contributed by atoms with Gasteiger partial charge in [0.2, 0.25) is 5.24 Å². The van der Waals surface area contributed by atoms with Gasteiger partial charge in [-0.3, -0.25) is 9.59 Å². The zero-order valence-electron chi connectivity index (χ0n) is 5.91. The second-order valence-electron chi connectivity index (χ2n) is 2.00. The number of hydrogen-bond acceptors (Lipinski definition) is 2. The number of hydrogen-bond donors (Lipinski definition) is 1. The Labute approximate surface area is 70.9 Å². The summed E-state index contributed by atoms with van der Waals surface area (Å²) >= 11 is 4.80. The second-order valence-corrected chi connectivity index (χ2v) is 2.37. The quantitative estimate of drug-likeness (QED) is 0.676. The molecule has 0 saturated heterocycles. The summed E-state index contributed by atoms with van der Waals surface area (Å²) in [7, 11) is 0. The van der Waals surface area contributed by atoms with Crippen molar-refractivity contribution in [1.82, 2.24) is 5.32 Å². The maximum Gasteiger partial charge on any atom is 0.471 e. The van der Waals surface area contributed by atoms with E-state index in [0.29, 0.717) is 0 Å². The topological polar surface area (TPSA) is 46.2 Å². The van der Waals surface area contributed by atoms with Gasteiger partial charge in [-0.05, 0) is 18.5 Å². The fourth-order valence-electron chi connectivity index (χ4n) is 0.335. The van der Waals surface area contributed by atoms with Crippen LogP contribution in [0.1, 0.15) is 6.92 Å². The molecule has 0 radical (unpaired) electrons. The number of alkyl halides is 3. The van der Waals surface area contributed by atoms with Crippen molar-refractivity contribution in [2.45, 2.75) is 19.1 Å². The molecule has 0 aliphatic carbocycles. The molecule has 70 valence electrons. The lowest BCUT2D eigenvalue weighted by Crippen LogP contribution is -2.44. The molecule has 1 N–H and O–H groups in total. The Morgan fingerprint density at radius 1 is 1.42 bits per heavy atom. The molecule has 7 heteroatoms. The first kappa shape index (κ1) is 11.2. The molecule has 0 aliphatic rings. The van der Waals surface area contributed by atoms with E-state index >= 15 is 0 Å². The van der Waals surface area contributed by atoms with E-state index in [1.54, 1.807) is 0 Å². The molecule has 0 saturated carbocycles. The van der Waals surface area contributed by atoms with Gasteiger partial charge < -0.3 is 5.32 Å². The summed E-state index contributed by atoms with van der Waals surface area (Å²) < 4.78 is 34.5. The Hall–Kier alpha value is -0.780. The van der Waals surface area contributed by atoms with Crippen molar-refractivity contribution in [2.75, 3.05) is 0 Å². The number of carbonyl (C=O) groups excluding carboxylic acids is 2. The normalized spacial score (nSPS) is 13.8. The van der Waals surface area contributed by atoms with E-state index in [2.05, 4.69) is 0 Å². The van der Waals surface area contributed by atoms with E-state index < -0.39 is 23.4 Å².